The smallest absolute Gasteiger partial charge is 0.325 e. The van der Waals surface area contributed by atoms with Gasteiger partial charge in [0.1, 0.15) is 18.7 Å². The molecule has 3 atom stereocenters. The predicted molar refractivity (Wildman–Crippen MR) is 173 cm³/mol. The van der Waals surface area contributed by atoms with Crippen LogP contribution in [0.15, 0.2) is 54.6 Å². The van der Waals surface area contributed by atoms with Crippen molar-refractivity contribution in [2.45, 2.75) is 83.1 Å². The molecule has 3 heterocycles. The Labute approximate surface area is 270 Å². The number of nitrogens with zero attached hydrogens (tertiary/aromatic N) is 4. The van der Waals surface area contributed by atoms with Crippen LogP contribution in [-0.2, 0) is 48.7 Å². The average Bonchev–Trinajstić information content (AvgIpc) is 3.80. The molecule has 1 aromatic heterocycles. The van der Waals surface area contributed by atoms with Gasteiger partial charge in [0.25, 0.3) is 0 Å². The van der Waals surface area contributed by atoms with Crippen molar-refractivity contribution in [1.82, 2.24) is 19.1 Å². The molecule has 46 heavy (non-hydrogen) atoms. The molecule has 2 aromatic carbocycles. The second-order valence-corrected chi connectivity index (χ2v) is 13.9. The number of hydrogen-bond acceptors (Lipinski definition) is 7. The quantitative estimate of drug-likeness (QED) is 0.297. The lowest BCUT2D eigenvalue weighted by Crippen LogP contribution is -2.51. The normalized spacial score (nSPS) is 18.9. The van der Waals surface area contributed by atoms with Crippen LogP contribution in [0.2, 0.25) is 0 Å². The molecule has 12 heteroatoms. The SMILES string of the molecule is CCn1c(CC[C@@H]2CCCN2C(=O)[C@H]2CCCN2C(=O)C[C@H](NS(C)(=O)=O)C(=O)OCc2ccccc2)cc2ccc(C#N)cc21. The molecule has 2 saturated heterocycles. The topological polar surface area (TPSA) is 142 Å². The third-order valence-corrected chi connectivity index (χ3v) is 9.64. The maximum absolute atomic E-state index is 13.9. The summed E-state index contributed by atoms with van der Waals surface area (Å²) in [5.74, 6) is -1.41. The summed E-state index contributed by atoms with van der Waals surface area (Å²) in [6.45, 7) is 3.78. The van der Waals surface area contributed by atoms with Crippen LogP contribution in [-0.4, -0.2) is 78.0 Å². The second-order valence-electron chi connectivity index (χ2n) is 12.1. The number of hydrogen-bond donors (Lipinski definition) is 1. The van der Waals surface area contributed by atoms with Crippen molar-refractivity contribution >= 4 is 38.7 Å². The van der Waals surface area contributed by atoms with Crippen LogP contribution >= 0.6 is 0 Å². The summed E-state index contributed by atoms with van der Waals surface area (Å²) in [6, 6.07) is 17.0. The van der Waals surface area contributed by atoms with E-state index in [1.807, 2.05) is 29.2 Å². The molecule has 2 fully saturated rings. The Morgan fingerprint density at radius 1 is 1.04 bits per heavy atom. The minimum absolute atomic E-state index is 0.0376. The summed E-state index contributed by atoms with van der Waals surface area (Å²) >= 11 is 0. The monoisotopic (exact) mass is 647 g/mol. The van der Waals surface area contributed by atoms with E-state index >= 15 is 0 Å². The summed E-state index contributed by atoms with van der Waals surface area (Å²) < 4.78 is 34.0. The lowest BCUT2D eigenvalue weighted by Gasteiger charge is -2.32. The molecular weight excluding hydrogens is 606 g/mol. The van der Waals surface area contributed by atoms with Gasteiger partial charge in [-0.05, 0) is 74.6 Å². The Morgan fingerprint density at radius 2 is 1.78 bits per heavy atom. The van der Waals surface area contributed by atoms with Gasteiger partial charge >= 0.3 is 5.97 Å². The molecule has 0 bridgehead atoms. The van der Waals surface area contributed by atoms with E-state index in [-0.39, 0.29) is 18.6 Å². The first-order valence-corrected chi connectivity index (χ1v) is 17.8. The Hall–Kier alpha value is -4.21. The van der Waals surface area contributed by atoms with Crippen molar-refractivity contribution in [1.29, 1.82) is 5.26 Å². The third kappa shape index (κ3) is 7.77. The lowest BCUT2D eigenvalue weighted by atomic mass is 10.1. The summed E-state index contributed by atoms with van der Waals surface area (Å²) in [6.07, 6.45) is 4.96. The van der Waals surface area contributed by atoms with Crippen LogP contribution < -0.4 is 4.72 Å². The number of rotatable bonds is 12. The summed E-state index contributed by atoms with van der Waals surface area (Å²) in [5.41, 5.74) is 3.55. The molecule has 11 nitrogen and oxygen atoms in total. The van der Waals surface area contributed by atoms with Crippen molar-refractivity contribution in [2.75, 3.05) is 19.3 Å². The van der Waals surface area contributed by atoms with Crippen molar-refractivity contribution in [2.24, 2.45) is 0 Å². The van der Waals surface area contributed by atoms with Crippen molar-refractivity contribution in [3.8, 4) is 6.07 Å². The Morgan fingerprint density at radius 3 is 2.50 bits per heavy atom. The lowest BCUT2D eigenvalue weighted by molar-refractivity contribution is -0.150. The fraction of sp³-hybridized carbons (Fsp3) is 0.471. The molecule has 0 unspecified atom stereocenters. The molecule has 2 aliphatic rings. The first-order chi connectivity index (χ1) is 22.1. The van der Waals surface area contributed by atoms with Crippen LogP contribution in [0.1, 0.15) is 62.3 Å². The number of esters is 1. The van der Waals surface area contributed by atoms with Gasteiger partial charge in [0.2, 0.25) is 21.8 Å². The molecule has 2 aliphatic heterocycles. The first kappa shape index (κ1) is 33.2. The summed E-state index contributed by atoms with van der Waals surface area (Å²) in [5, 5.41) is 10.4. The highest BCUT2D eigenvalue weighted by Crippen LogP contribution is 2.29. The second kappa shape index (κ2) is 14.5. The van der Waals surface area contributed by atoms with Crippen LogP contribution in [0.5, 0.6) is 0 Å². The van der Waals surface area contributed by atoms with Gasteiger partial charge in [-0.1, -0.05) is 36.4 Å². The Kier molecular flexibility index (Phi) is 10.4. The van der Waals surface area contributed by atoms with Gasteiger partial charge in [-0.25, -0.2) is 13.1 Å². The number of benzene rings is 2. The van der Waals surface area contributed by atoms with Gasteiger partial charge in [-0.3, -0.25) is 14.4 Å². The zero-order valence-corrected chi connectivity index (χ0v) is 27.2. The number of nitriles is 1. The highest BCUT2D eigenvalue weighted by molar-refractivity contribution is 7.88. The molecule has 0 aliphatic carbocycles. The first-order valence-electron chi connectivity index (χ1n) is 15.9. The van der Waals surface area contributed by atoms with E-state index in [4.69, 9.17) is 4.74 Å². The standard InChI is InChI=1S/C34H41N5O6S/c1-3-37-28(20-26-14-13-25(22-35)19-31(26)37)16-15-27-11-7-17-38(27)33(41)30-12-8-18-39(30)32(40)21-29(36-46(2,43)44)34(42)45-23-24-9-5-4-6-10-24/h4-6,9-10,13-14,19-20,27,29-30,36H,3,7-8,11-12,15-18,21,23H2,1-2H3/t27-,29-,30+/m0/s1. The van der Waals surface area contributed by atoms with E-state index in [1.54, 1.807) is 24.3 Å². The van der Waals surface area contributed by atoms with E-state index in [0.29, 0.717) is 31.5 Å². The van der Waals surface area contributed by atoms with Crippen molar-refractivity contribution < 1.29 is 27.5 Å². The van der Waals surface area contributed by atoms with Gasteiger partial charge in [0.05, 0.1) is 24.3 Å². The van der Waals surface area contributed by atoms with Crippen LogP contribution in [0.3, 0.4) is 0 Å². The number of amides is 2. The zero-order valence-electron chi connectivity index (χ0n) is 26.4. The molecule has 0 saturated carbocycles. The fourth-order valence-corrected chi connectivity index (χ4v) is 7.46. The van der Waals surface area contributed by atoms with Gasteiger partial charge in [0.15, 0.2) is 0 Å². The van der Waals surface area contributed by atoms with Crippen molar-refractivity contribution in [3.63, 3.8) is 0 Å². The molecule has 3 aromatic rings. The molecule has 244 valence electrons. The zero-order chi connectivity index (χ0) is 32.8. The third-order valence-electron chi connectivity index (χ3n) is 8.93. The van der Waals surface area contributed by atoms with Gasteiger partial charge in [-0.2, -0.15) is 5.26 Å². The van der Waals surface area contributed by atoms with Gasteiger partial charge in [-0.15, -0.1) is 0 Å². The van der Waals surface area contributed by atoms with E-state index in [9.17, 15) is 28.1 Å². The van der Waals surface area contributed by atoms with E-state index in [0.717, 1.165) is 60.6 Å². The molecule has 5 rings (SSSR count). The number of nitrogens with one attached hydrogen (secondary N) is 1. The number of ether oxygens (including phenoxy) is 1. The summed E-state index contributed by atoms with van der Waals surface area (Å²) in [7, 11) is -3.83. The summed E-state index contributed by atoms with van der Waals surface area (Å²) in [4.78, 5) is 43.8. The van der Waals surface area contributed by atoms with Gasteiger partial charge < -0.3 is 19.1 Å². The number of sulfonamides is 1. The Bertz CT molecular complexity index is 1730. The number of fused-ring (bicyclic) bond motifs is 1. The number of carbonyl (C=O) groups is 3. The van der Waals surface area contributed by atoms with Gasteiger partial charge in [0, 0.05) is 36.9 Å². The minimum Gasteiger partial charge on any atom is -0.460 e. The van der Waals surface area contributed by atoms with E-state index in [2.05, 4.69) is 28.3 Å². The Balaban J connectivity index is 1.24. The van der Waals surface area contributed by atoms with Crippen molar-refractivity contribution in [3.05, 3.63) is 71.4 Å². The largest absolute Gasteiger partial charge is 0.460 e. The number of likely N-dealkylation sites (tertiary alicyclic amines) is 2. The molecule has 0 radical (unpaired) electrons. The minimum atomic E-state index is -3.83. The highest BCUT2D eigenvalue weighted by Gasteiger charge is 2.41. The molecule has 0 spiro atoms. The van der Waals surface area contributed by atoms with E-state index in [1.165, 1.54) is 4.90 Å². The van der Waals surface area contributed by atoms with Crippen LogP contribution in [0.4, 0.5) is 0 Å². The van der Waals surface area contributed by atoms with Crippen LogP contribution in [0.25, 0.3) is 10.9 Å². The van der Waals surface area contributed by atoms with E-state index < -0.39 is 40.4 Å². The molecular formula is C34H41N5O6S. The molecule has 2 amide bonds. The number of carbonyl (C=O) groups excluding carboxylic acids is 3. The fourth-order valence-electron chi connectivity index (χ4n) is 6.77. The average molecular weight is 648 g/mol. The maximum Gasteiger partial charge on any atom is 0.325 e. The maximum atomic E-state index is 13.9. The van der Waals surface area contributed by atoms with Crippen LogP contribution in [0, 0.1) is 11.3 Å². The molecule has 1 N–H and O–H groups in total. The number of aromatic nitrogens is 1. The highest BCUT2D eigenvalue weighted by atomic mass is 32.2. The number of aryl methyl sites for hydroxylation is 2. The predicted octanol–water partition coefficient (Wildman–Crippen LogP) is 3.50.